The van der Waals surface area contributed by atoms with Gasteiger partial charge in [-0.3, -0.25) is 9.59 Å². The van der Waals surface area contributed by atoms with Crippen LogP contribution in [0.3, 0.4) is 0 Å². The van der Waals surface area contributed by atoms with Crippen molar-refractivity contribution >= 4 is 23.2 Å². The normalized spacial score (nSPS) is 13.5. The zero-order valence-corrected chi connectivity index (χ0v) is 13.4. The Kier molecular flexibility index (Phi) is 4.24. The molecule has 2 aromatic rings. The second kappa shape index (κ2) is 6.23. The Balaban J connectivity index is 1.83. The van der Waals surface area contributed by atoms with Gasteiger partial charge in [0.05, 0.1) is 5.56 Å². The summed E-state index contributed by atoms with van der Waals surface area (Å²) in [6.45, 7) is 2.04. The maximum atomic E-state index is 12.8. The number of benzene rings is 2. The van der Waals surface area contributed by atoms with Gasteiger partial charge in [0, 0.05) is 30.4 Å². The van der Waals surface area contributed by atoms with E-state index in [0.717, 1.165) is 24.1 Å². The molecule has 1 aliphatic rings. The molecule has 1 N–H and O–H groups in total. The number of hydrogen-bond donors (Lipinski definition) is 1. The molecule has 1 heterocycles. The van der Waals surface area contributed by atoms with Crippen LogP contribution in [0, 0.1) is 0 Å². The average Bonchev–Trinajstić information content (AvgIpc) is 2.97. The van der Waals surface area contributed by atoms with Crippen molar-refractivity contribution in [2.24, 2.45) is 0 Å². The van der Waals surface area contributed by atoms with Gasteiger partial charge < -0.3 is 10.2 Å². The summed E-state index contributed by atoms with van der Waals surface area (Å²) in [4.78, 5) is 25.5. The van der Waals surface area contributed by atoms with Gasteiger partial charge in [0.2, 0.25) is 5.91 Å². The summed E-state index contributed by atoms with van der Waals surface area (Å²) in [7, 11) is 0. The number of carbonyl (C=O) groups excluding carboxylic acids is 2. The Labute approximate surface area is 142 Å². The Morgan fingerprint density at radius 1 is 1.12 bits per heavy atom. The summed E-state index contributed by atoms with van der Waals surface area (Å²) < 4.78 is 38.3. The van der Waals surface area contributed by atoms with Gasteiger partial charge in [-0.1, -0.05) is 12.1 Å². The Bertz CT molecular complexity index is 846. The molecule has 7 heteroatoms. The van der Waals surface area contributed by atoms with Gasteiger partial charge in [0.15, 0.2) is 0 Å². The lowest BCUT2D eigenvalue weighted by Gasteiger charge is -2.16. The van der Waals surface area contributed by atoms with Gasteiger partial charge in [0.25, 0.3) is 5.91 Å². The van der Waals surface area contributed by atoms with E-state index in [1.165, 1.54) is 19.1 Å². The van der Waals surface area contributed by atoms with Crippen molar-refractivity contribution in [1.29, 1.82) is 0 Å². The van der Waals surface area contributed by atoms with E-state index < -0.39 is 17.6 Å². The summed E-state index contributed by atoms with van der Waals surface area (Å²) in [5.41, 5.74) is 1.17. The van der Waals surface area contributed by atoms with Gasteiger partial charge in [-0.15, -0.1) is 0 Å². The average molecular weight is 348 g/mol. The smallest absolute Gasteiger partial charge is 0.322 e. The number of fused-ring (bicyclic) bond motifs is 1. The number of rotatable bonds is 2. The van der Waals surface area contributed by atoms with Gasteiger partial charge in [0.1, 0.15) is 0 Å². The zero-order chi connectivity index (χ0) is 18.2. The highest BCUT2D eigenvalue weighted by molar-refractivity contribution is 6.05. The molecule has 25 heavy (non-hydrogen) atoms. The van der Waals surface area contributed by atoms with Crippen LogP contribution in [0.4, 0.5) is 24.5 Å². The molecule has 0 saturated carbocycles. The molecule has 0 saturated heterocycles. The van der Waals surface area contributed by atoms with Crippen molar-refractivity contribution in [1.82, 2.24) is 0 Å². The number of hydrogen-bond acceptors (Lipinski definition) is 2. The molecule has 4 nitrogen and oxygen atoms in total. The number of anilines is 2. The number of alkyl halides is 3. The summed E-state index contributed by atoms with van der Waals surface area (Å²) in [5, 5.41) is 2.58. The fourth-order valence-corrected chi connectivity index (χ4v) is 2.82. The van der Waals surface area contributed by atoms with E-state index in [2.05, 4.69) is 5.32 Å². The van der Waals surface area contributed by atoms with Crippen LogP contribution in [0.5, 0.6) is 0 Å². The van der Waals surface area contributed by atoms with Crippen LogP contribution in [0.1, 0.15) is 28.4 Å². The minimum Gasteiger partial charge on any atom is -0.322 e. The second-order valence-corrected chi connectivity index (χ2v) is 5.80. The molecule has 2 amide bonds. The highest BCUT2D eigenvalue weighted by Crippen LogP contribution is 2.32. The van der Waals surface area contributed by atoms with Crippen LogP contribution < -0.4 is 10.2 Å². The van der Waals surface area contributed by atoms with Crippen LogP contribution in [-0.2, 0) is 17.4 Å². The molecule has 0 spiro atoms. The first-order valence-corrected chi connectivity index (χ1v) is 7.65. The highest BCUT2D eigenvalue weighted by Gasteiger charge is 2.31. The molecule has 0 radical (unpaired) electrons. The third kappa shape index (κ3) is 3.50. The van der Waals surface area contributed by atoms with E-state index in [9.17, 15) is 22.8 Å². The minimum absolute atomic E-state index is 0.0845. The van der Waals surface area contributed by atoms with E-state index in [0.29, 0.717) is 17.9 Å². The maximum Gasteiger partial charge on any atom is 0.416 e. The summed E-state index contributed by atoms with van der Waals surface area (Å²) in [5.74, 6) is -0.737. The first kappa shape index (κ1) is 17.0. The molecule has 2 aromatic carbocycles. The van der Waals surface area contributed by atoms with Crippen molar-refractivity contribution in [3.05, 3.63) is 59.2 Å². The highest BCUT2D eigenvalue weighted by atomic mass is 19.4. The summed E-state index contributed by atoms with van der Waals surface area (Å²) in [6, 6.07) is 9.38. The topological polar surface area (TPSA) is 49.4 Å². The number of amides is 2. The van der Waals surface area contributed by atoms with Gasteiger partial charge in [-0.25, -0.2) is 0 Å². The first-order chi connectivity index (χ1) is 11.8. The monoisotopic (exact) mass is 348 g/mol. The predicted molar refractivity (Wildman–Crippen MR) is 87.6 cm³/mol. The van der Waals surface area contributed by atoms with Crippen molar-refractivity contribution in [3.8, 4) is 0 Å². The molecular weight excluding hydrogens is 333 g/mol. The lowest BCUT2D eigenvalue weighted by molar-refractivity contribution is -0.137. The molecule has 0 aromatic heterocycles. The molecule has 0 unspecified atom stereocenters. The summed E-state index contributed by atoms with van der Waals surface area (Å²) in [6.07, 6.45) is -3.78. The van der Waals surface area contributed by atoms with Crippen LogP contribution >= 0.6 is 0 Å². The minimum atomic E-state index is -4.51. The van der Waals surface area contributed by atoms with Crippen molar-refractivity contribution in [3.63, 3.8) is 0 Å². The molecule has 0 fully saturated rings. The van der Waals surface area contributed by atoms with Crippen LogP contribution in [0.25, 0.3) is 0 Å². The number of nitrogens with zero attached hydrogens (tertiary/aromatic N) is 1. The van der Waals surface area contributed by atoms with Crippen molar-refractivity contribution < 1.29 is 22.8 Å². The summed E-state index contributed by atoms with van der Waals surface area (Å²) >= 11 is 0. The predicted octanol–water partition coefficient (Wildman–Crippen LogP) is 3.87. The van der Waals surface area contributed by atoms with Gasteiger partial charge in [-0.2, -0.15) is 13.2 Å². The molecular formula is C18H15F3N2O2. The third-order valence-corrected chi connectivity index (χ3v) is 4.07. The Morgan fingerprint density at radius 2 is 1.88 bits per heavy atom. The quantitative estimate of drug-likeness (QED) is 0.896. The largest absolute Gasteiger partial charge is 0.416 e. The fraction of sp³-hybridized carbons (Fsp3) is 0.222. The van der Waals surface area contributed by atoms with E-state index >= 15 is 0 Å². The van der Waals surface area contributed by atoms with Crippen molar-refractivity contribution in [2.75, 3.05) is 16.8 Å². The van der Waals surface area contributed by atoms with Gasteiger partial charge >= 0.3 is 6.18 Å². The van der Waals surface area contributed by atoms with Crippen molar-refractivity contribution in [2.45, 2.75) is 19.5 Å². The SMILES string of the molecule is CC(=O)N1CCc2ccc(NC(=O)c3cccc(C(F)(F)F)c3)cc21. The first-order valence-electron chi connectivity index (χ1n) is 7.65. The Morgan fingerprint density at radius 3 is 2.56 bits per heavy atom. The fourth-order valence-electron chi connectivity index (χ4n) is 2.82. The number of nitrogens with one attached hydrogen (secondary N) is 1. The maximum absolute atomic E-state index is 12.8. The van der Waals surface area contributed by atoms with Crippen LogP contribution in [0.15, 0.2) is 42.5 Å². The van der Waals surface area contributed by atoms with E-state index in [1.807, 2.05) is 0 Å². The van der Waals surface area contributed by atoms with Crippen LogP contribution in [-0.4, -0.2) is 18.4 Å². The lowest BCUT2D eigenvalue weighted by atomic mass is 10.1. The molecule has 0 atom stereocenters. The second-order valence-electron chi connectivity index (χ2n) is 5.80. The molecule has 3 rings (SSSR count). The van der Waals surface area contributed by atoms with Crippen LogP contribution in [0.2, 0.25) is 0 Å². The van der Waals surface area contributed by atoms with E-state index in [4.69, 9.17) is 0 Å². The molecule has 0 aliphatic carbocycles. The lowest BCUT2D eigenvalue weighted by Crippen LogP contribution is -2.25. The van der Waals surface area contributed by atoms with E-state index in [1.54, 1.807) is 23.1 Å². The Hall–Kier alpha value is -2.83. The standard InChI is InChI=1S/C18H15F3N2O2/c1-11(24)23-8-7-12-5-6-15(10-16(12)23)22-17(25)13-3-2-4-14(9-13)18(19,20)21/h2-6,9-10H,7-8H2,1H3,(H,22,25). The molecule has 1 aliphatic heterocycles. The zero-order valence-electron chi connectivity index (χ0n) is 13.4. The number of halogens is 3. The van der Waals surface area contributed by atoms with E-state index in [-0.39, 0.29) is 11.5 Å². The van der Waals surface area contributed by atoms with Gasteiger partial charge in [-0.05, 0) is 42.3 Å². The number of carbonyl (C=O) groups is 2. The molecule has 0 bridgehead atoms. The molecule has 130 valence electrons. The third-order valence-electron chi connectivity index (χ3n) is 4.07.